The van der Waals surface area contributed by atoms with Crippen molar-refractivity contribution in [3.05, 3.63) is 166 Å². The van der Waals surface area contributed by atoms with Crippen LogP contribution in [0.2, 0.25) is 0 Å². The molecule has 79 heavy (non-hydrogen) atoms. The fourth-order valence-electron chi connectivity index (χ4n) is 21.0. The molecule has 402 valence electrons. The summed E-state index contributed by atoms with van der Waals surface area (Å²) < 4.78 is 16.8. The monoisotopic (exact) mass is 1040 g/mol. The molecule has 4 atom stereocenters. The Labute approximate surface area is 470 Å². The minimum absolute atomic E-state index is 0.268. The molecule has 5 nitrogen and oxygen atoms in total. The first kappa shape index (κ1) is 47.8. The van der Waals surface area contributed by atoms with Crippen LogP contribution >= 0.6 is 0 Å². The summed E-state index contributed by atoms with van der Waals surface area (Å²) in [5.41, 5.74) is 20.5. The zero-order valence-corrected chi connectivity index (χ0v) is 47.4. The van der Waals surface area contributed by atoms with Gasteiger partial charge in [0.2, 0.25) is 5.71 Å². The van der Waals surface area contributed by atoms with Crippen molar-refractivity contribution in [1.29, 1.82) is 0 Å². The first-order chi connectivity index (χ1) is 38.7. The molecule has 8 saturated carbocycles. The third-order valence-electron chi connectivity index (χ3n) is 23.1. The first-order valence-corrected chi connectivity index (χ1v) is 31.1. The molecule has 3 aromatic carbocycles. The summed E-state index contributed by atoms with van der Waals surface area (Å²) in [5.74, 6) is 0.727. The van der Waals surface area contributed by atoms with Gasteiger partial charge in [0, 0.05) is 53.1 Å². The van der Waals surface area contributed by atoms with E-state index in [9.17, 15) is 1.37 Å². The molecule has 5 heteroatoms. The van der Waals surface area contributed by atoms with Crippen LogP contribution in [0.15, 0.2) is 126 Å². The lowest BCUT2D eigenvalue weighted by Gasteiger charge is -2.67. The van der Waals surface area contributed by atoms with E-state index in [-0.39, 0.29) is 5.41 Å². The van der Waals surface area contributed by atoms with Crippen LogP contribution in [0.5, 0.6) is 0 Å². The molecule has 8 fully saturated rings. The van der Waals surface area contributed by atoms with Gasteiger partial charge in [-0.1, -0.05) is 80.6 Å². The van der Waals surface area contributed by atoms with E-state index in [0.29, 0.717) is 27.1 Å². The van der Waals surface area contributed by atoms with Crippen molar-refractivity contribution in [2.45, 2.75) is 181 Å². The number of aromatic nitrogens is 4. The minimum Gasteiger partial charge on any atom is -0.437 e. The summed E-state index contributed by atoms with van der Waals surface area (Å²) in [5, 5.41) is 2.32. The van der Waals surface area contributed by atoms with E-state index >= 15 is 0 Å². The molecule has 4 unspecified atom stereocenters. The number of rotatable bonds is 1. The van der Waals surface area contributed by atoms with Gasteiger partial charge in [0.1, 0.15) is 5.58 Å². The molecule has 0 radical (unpaired) electrons. The second kappa shape index (κ2) is 18.0. The number of pyridine rings is 4. The van der Waals surface area contributed by atoms with Crippen LogP contribution in [0.4, 0.5) is 0 Å². The van der Waals surface area contributed by atoms with Gasteiger partial charge in [0.05, 0.1) is 17.1 Å². The SMILES string of the molecule is [2H]C(C)(C)c1cc2ncc1CCC13CC4CC5(CCc6ccc(nc6)-c6ccc(cc6)CCC67CC8CC(CCc9ccc(cc9)-c9ccc(cn9)CCC(C4)(C5)C1)(C6)CC(CCc1ccc-2c2oc4nc(C)ccc4c12)(C8)C7)C3. The van der Waals surface area contributed by atoms with Gasteiger partial charge in [0.15, 0.2) is 0 Å². The second-order valence-electron chi connectivity index (χ2n) is 29.1. The molecule has 20 bridgehead atoms. The van der Waals surface area contributed by atoms with E-state index in [1.54, 1.807) is 0 Å². The molecule has 8 aromatic rings. The largest absolute Gasteiger partial charge is 0.437 e. The summed E-state index contributed by atoms with van der Waals surface area (Å²) in [6.07, 6.45) is 36.5. The summed E-state index contributed by atoms with van der Waals surface area (Å²) in [4.78, 5) is 20.8. The van der Waals surface area contributed by atoms with Crippen LogP contribution in [0.3, 0.4) is 0 Å². The van der Waals surface area contributed by atoms with E-state index < -0.39 is 5.89 Å². The number of hydrogen-bond donors (Lipinski definition) is 0. The highest BCUT2D eigenvalue weighted by Gasteiger charge is 2.63. The topological polar surface area (TPSA) is 64.7 Å². The fraction of sp³-hybridized carbons (Fsp3) is 0.486. The van der Waals surface area contributed by atoms with Gasteiger partial charge in [0.25, 0.3) is 0 Å². The first-order valence-electron chi connectivity index (χ1n) is 31.6. The Balaban J connectivity index is 0.849. The van der Waals surface area contributed by atoms with Crippen molar-refractivity contribution in [1.82, 2.24) is 19.9 Å². The number of benzene rings is 3. The van der Waals surface area contributed by atoms with Crippen LogP contribution in [0, 0.1) is 51.2 Å². The molecule has 37 rings (SSSR count). The molecular formula is C74H80N4O. The summed E-state index contributed by atoms with van der Waals surface area (Å²) in [6.45, 7) is 6.24. The van der Waals surface area contributed by atoms with Crippen LogP contribution in [0.25, 0.3) is 55.8 Å². The molecule has 5 aromatic heterocycles. The molecule has 19 heterocycles. The minimum atomic E-state index is -0.799. The van der Waals surface area contributed by atoms with Crippen molar-refractivity contribution in [2.24, 2.45) is 44.3 Å². The van der Waals surface area contributed by atoms with Gasteiger partial charge in [-0.25, -0.2) is 4.98 Å². The Hall–Kier alpha value is -5.94. The zero-order valence-electron chi connectivity index (χ0n) is 48.4. The molecule has 15 aliphatic carbocycles. The molecule has 0 saturated heterocycles. The lowest BCUT2D eigenvalue weighted by Crippen LogP contribution is -2.57. The highest BCUT2D eigenvalue weighted by Crippen LogP contribution is 2.74. The summed E-state index contributed by atoms with van der Waals surface area (Å²) in [7, 11) is 0. The van der Waals surface area contributed by atoms with Gasteiger partial charge in [-0.05, 0) is 287 Å². The quantitative estimate of drug-likeness (QED) is 0.164. The Morgan fingerprint density at radius 3 is 1.38 bits per heavy atom. The van der Waals surface area contributed by atoms with Crippen LogP contribution < -0.4 is 0 Å². The van der Waals surface area contributed by atoms with Crippen molar-refractivity contribution < 1.29 is 5.79 Å². The van der Waals surface area contributed by atoms with Crippen LogP contribution in [-0.4, -0.2) is 19.9 Å². The van der Waals surface area contributed by atoms with E-state index in [4.69, 9.17) is 24.4 Å². The Kier molecular flexibility index (Phi) is 10.9. The van der Waals surface area contributed by atoms with Gasteiger partial charge >= 0.3 is 0 Å². The van der Waals surface area contributed by atoms with Crippen LogP contribution in [-0.2, 0) is 38.5 Å². The Morgan fingerprint density at radius 2 is 0.911 bits per heavy atom. The van der Waals surface area contributed by atoms with Crippen molar-refractivity contribution in [3.63, 3.8) is 0 Å². The predicted octanol–water partition coefficient (Wildman–Crippen LogP) is 18.5. The Morgan fingerprint density at radius 1 is 0.468 bits per heavy atom. The van der Waals surface area contributed by atoms with Gasteiger partial charge in [-0.2, -0.15) is 0 Å². The molecule has 0 amide bonds. The molecule has 29 aliphatic rings. The van der Waals surface area contributed by atoms with E-state index in [2.05, 4.69) is 142 Å². The zero-order chi connectivity index (χ0) is 53.7. The normalized spacial score (nSPS) is 32.0. The average molecular weight is 1040 g/mol. The van der Waals surface area contributed by atoms with E-state index in [0.717, 1.165) is 107 Å². The number of aryl methyl sites for hydroxylation is 7. The van der Waals surface area contributed by atoms with Crippen molar-refractivity contribution in [3.8, 4) is 33.8 Å². The molecule has 6 spiro atoms. The highest BCUT2D eigenvalue weighted by molar-refractivity contribution is 6.10. The Bertz CT molecular complexity index is 3590. The summed E-state index contributed by atoms with van der Waals surface area (Å²) in [6, 6.07) is 40.0. The van der Waals surface area contributed by atoms with Gasteiger partial charge in [-0.3, -0.25) is 15.0 Å². The van der Waals surface area contributed by atoms with E-state index in [1.165, 1.54) is 159 Å². The fourth-order valence-corrected chi connectivity index (χ4v) is 21.0. The molecule has 0 N–H and O–H groups in total. The standard InChI is InChI=1S/C74H80N4O/c1-48(2)62-32-65-60-17-15-58(66-61-16-4-49(3)78-68(61)79-67(60)66)24-30-73-37-54-33-69(44-73)26-20-50-5-11-56(12-6-50)63-18-9-52(39-75-63)22-28-71-35-55-36-72(43-71,47-74(38-55,46-71)31-25-59(62)41-77-65)29-23-53-10-19-64(76-40-53)57-13-7-51(8-14-57)21-27-70(34-54,42-69)45-73/h4-19,32,39-41,48,54-55H,20-31,33-38,42-47H2,1-3H3/i48D. The van der Waals surface area contributed by atoms with Gasteiger partial charge in [-0.15, -0.1) is 0 Å². The maximum absolute atomic E-state index is 9.76. The lowest BCUT2D eigenvalue weighted by molar-refractivity contribution is -0.167. The lowest BCUT2D eigenvalue weighted by atomic mass is 9.37. The molecule has 14 aliphatic heterocycles. The predicted molar refractivity (Wildman–Crippen MR) is 320 cm³/mol. The van der Waals surface area contributed by atoms with Crippen molar-refractivity contribution in [2.75, 3.05) is 0 Å². The van der Waals surface area contributed by atoms with Crippen molar-refractivity contribution >= 4 is 22.1 Å². The van der Waals surface area contributed by atoms with Crippen LogP contribution in [0.1, 0.15) is 181 Å². The van der Waals surface area contributed by atoms with E-state index in [1.807, 2.05) is 0 Å². The third kappa shape index (κ3) is 8.58. The maximum Gasteiger partial charge on any atom is 0.227 e. The number of fused-ring (bicyclic) bond motifs is 1. The maximum atomic E-state index is 9.76. The number of hydrogen-bond acceptors (Lipinski definition) is 5. The second-order valence-corrected chi connectivity index (χ2v) is 29.1. The molecular weight excluding hydrogens is 961 g/mol. The summed E-state index contributed by atoms with van der Waals surface area (Å²) >= 11 is 0. The smallest absolute Gasteiger partial charge is 0.227 e. The highest BCUT2D eigenvalue weighted by atomic mass is 16.3. The third-order valence-corrected chi connectivity index (χ3v) is 23.1. The number of nitrogens with zero attached hydrogens (tertiary/aromatic N) is 4. The number of furan rings is 1. The van der Waals surface area contributed by atoms with Gasteiger partial charge < -0.3 is 4.42 Å². The average Bonchev–Trinajstić information content (AvgIpc) is 3.91.